The van der Waals surface area contributed by atoms with Crippen LogP contribution in [0.2, 0.25) is 4.34 Å². The quantitative estimate of drug-likeness (QED) is 0.705. The second-order valence-corrected chi connectivity index (χ2v) is 5.78. The molecule has 0 bridgehead atoms. The summed E-state index contributed by atoms with van der Waals surface area (Å²) in [6.45, 7) is 0.369. The minimum Gasteiger partial charge on any atom is -0.353 e. The first-order chi connectivity index (χ1) is 10.6. The Bertz CT molecular complexity index is 680. The van der Waals surface area contributed by atoms with Gasteiger partial charge in [-0.25, -0.2) is 14.2 Å². The van der Waals surface area contributed by atoms with Gasteiger partial charge in [-0.1, -0.05) is 35.1 Å². The van der Waals surface area contributed by atoms with Crippen LogP contribution in [0.15, 0.2) is 24.3 Å². The van der Waals surface area contributed by atoms with E-state index < -0.39 is 6.03 Å². The van der Waals surface area contributed by atoms with Crippen LogP contribution in [0.1, 0.15) is 11.3 Å². The number of rotatable bonds is 6. The van der Waals surface area contributed by atoms with Crippen molar-refractivity contribution in [1.82, 2.24) is 15.6 Å². The summed E-state index contributed by atoms with van der Waals surface area (Å²) >= 11 is 7.02. The van der Waals surface area contributed by atoms with Gasteiger partial charge in [-0.05, 0) is 17.7 Å². The molecule has 2 aromatic rings. The summed E-state index contributed by atoms with van der Waals surface area (Å²) in [6, 6.07) is 5.45. The number of urea groups is 1. The van der Waals surface area contributed by atoms with Gasteiger partial charge in [0.2, 0.25) is 6.41 Å². The lowest BCUT2D eigenvalue weighted by Gasteiger charge is -2.05. The highest BCUT2D eigenvalue weighted by atomic mass is 35.5. The zero-order chi connectivity index (χ0) is 15.9. The highest BCUT2D eigenvalue weighted by Crippen LogP contribution is 2.27. The molecule has 2 rings (SSSR count). The summed E-state index contributed by atoms with van der Waals surface area (Å²) in [5.41, 5.74) is 1.11. The molecule has 0 spiro atoms. The predicted molar refractivity (Wildman–Crippen MR) is 82.3 cm³/mol. The minimum atomic E-state index is -0.482. The van der Waals surface area contributed by atoms with Crippen molar-refractivity contribution in [1.29, 1.82) is 0 Å². The summed E-state index contributed by atoms with van der Waals surface area (Å²) in [5, 5.41) is 7.86. The van der Waals surface area contributed by atoms with Crippen molar-refractivity contribution >= 4 is 40.5 Å². The van der Waals surface area contributed by atoms with Crippen LogP contribution in [0.4, 0.5) is 14.3 Å². The highest BCUT2D eigenvalue weighted by molar-refractivity contribution is 7.19. The van der Waals surface area contributed by atoms with Crippen LogP contribution in [-0.4, -0.2) is 17.4 Å². The molecular formula is C13H12ClFN4O2S. The van der Waals surface area contributed by atoms with Gasteiger partial charge >= 0.3 is 6.03 Å². The zero-order valence-electron chi connectivity index (χ0n) is 11.2. The Hall–Kier alpha value is -2.19. The maximum Gasteiger partial charge on any atom is 0.321 e. The van der Waals surface area contributed by atoms with E-state index in [1.807, 2.05) is 0 Å². The maximum atomic E-state index is 13.0. The first-order valence-corrected chi connectivity index (χ1v) is 7.39. The number of carbonyl (C=O) groups is 2. The van der Waals surface area contributed by atoms with Crippen LogP contribution in [0.3, 0.4) is 0 Å². The second-order valence-electron chi connectivity index (χ2n) is 4.18. The molecule has 22 heavy (non-hydrogen) atoms. The van der Waals surface area contributed by atoms with Crippen LogP contribution >= 0.6 is 22.9 Å². The number of aromatic nitrogens is 1. The molecule has 1 aromatic heterocycles. The minimum absolute atomic E-state index is 0.183. The Balaban J connectivity index is 1.88. The highest BCUT2D eigenvalue weighted by Gasteiger charge is 2.11. The topological polar surface area (TPSA) is 83.1 Å². The second kappa shape index (κ2) is 7.71. The fraction of sp³-hybridized carbons (Fsp3) is 0.154. The average molecular weight is 343 g/mol. The van der Waals surface area contributed by atoms with Gasteiger partial charge in [0, 0.05) is 6.54 Å². The molecule has 9 heteroatoms. The van der Waals surface area contributed by atoms with Crippen LogP contribution < -0.4 is 16.0 Å². The molecule has 1 aromatic carbocycles. The van der Waals surface area contributed by atoms with Crippen molar-refractivity contribution in [3.05, 3.63) is 45.7 Å². The van der Waals surface area contributed by atoms with Crippen molar-refractivity contribution in [3.8, 4) is 0 Å². The van der Waals surface area contributed by atoms with Crippen molar-refractivity contribution in [2.24, 2.45) is 0 Å². The van der Waals surface area contributed by atoms with Crippen LogP contribution in [0.25, 0.3) is 0 Å². The molecule has 0 radical (unpaired) electrons. The van der Waals surface area contributed by atoms with E-state index in [0.717, 1.165) is 11.3 Å². The first-order valence-electron chi connectivity index (χ1n) is 6.20. The van der Waals surface area contributed by atoms with Crippen LogP contribution in [0.5, 0.6) is 0 Å². The van der Waals surface area contributed by atoms with E-state index in [4.69, 9.17) is 11.6 Å². The maximum absolute atomic E-state index is 13.0. The van der Waals surface area contributed by atoms with E-state index in [1.54, 1.807) is 12.1 Å². The van der Waals surface area contributed by atoms with E-state index in [2.05, 4.69) is 20.9 Å². The van der Waals surface area contributed by atoms with Gasteiger partial charge in [-0.15, -0.1) is 0 Å². The summed E-state index contributed by atoms with van der Waals surface area (Å²) in [7, 11) is 0. The van der Waals surface area contributed by atoms with Crippen molar-refractivity contribution in [3.63, 3.8) is 0 Å². The smallest absolute Gasteiger partial charge is 0.321 e. The first kappa shape index (κ1) is 16.2. The summed E-state index contributed by atoms with van der Waals surface area (Å²) in [4.78, 5) is 26.1. The lowest BCUT2D eigenvalue weighted by Crippen LogP contribution is -2.28. The van der Waals surface area contributed by atoms with Gasteiger partial charge in [0.25, 0.3) is 0 Å². The number of thiazole rings is 1. The van der Waals surface area contributed by atoms with E-state index in [-0.39, 0.29) is 18.9 Å². The molecule has 0 aliphatic carbocycles. The monoisotopic (exact) mass is 342 g/mol. The summed E-state index contributed by atoms with van der Waals surface area (Å²) < 4.78 is 13.4. The Kier molecular flexibility index (Phi) is 5.68. The average Bonchev–Trinajstić information content (AvgIpc) is 2.83. The standard InChI is InChI=1S/C13H12ClFN4O2S/c14-11-10(6-16-7-20)18-13(22-11)19-12(21)17-5-8-2-1-3-9(15)4-8/h1-4,7H,5-6H2,(H,16,20)(H2,17,18,19,21). The Morgan fingerprint density at radius 2 is 2.23 bits per heavy atom. The zero-order valence-corrected chi connectivity index (χ0v) is 12.8. The number of benzene rings is 1. The third kappa shape index (κ3) is 4.68. The Morgan fingerprint density at radius 3 is 2.95 bits per heavy atom. The molecule has 0 saturated heterocycles. The Morgan fingerprint density at radius 1 is 1.41 bits per heavy atom. The SMILES string of the molecule is O=CNCc1nc(NC(=O)NCc2cccc(F)c2)sc1Cl. The van der Waals surface area contributed by atoms with Gasteiger partial charge in [0.05, 0.1) is 12.2 Å². The summed E-state index contributed by atoms with van der Waals surface area (Å²) in [5.74, 6) is -0.362. The molecule has 0 atom stereocenters. The molecule has 3 N–H and O–H groups in total. The third-order valence-corrected chi connectivity index (χ3v) is 3.82. The molecule has 116 valence electrons. The van der Waals surface area contributed by atoms with Crippen molar-refractivity contribution in [2.45, 2.75) is 13.1 Å². The molecule has 0 aliphatic rings. The normalized spacial score (nSPS) is 10.1. The van der Waals surface area contributed by atoms with E-state index in [1.165, 1.54) is 12.1 Å². The number of hydrogen-bond acceptors (Lipinski definition) is 4. The molecule has 0 unspecified atom stereocenters. The summed E-state index contributed by atoms with van der Waals surface area (Å²) in [6.07, 6.45) is 0.536. The van der Waals surface area contributed by atoms with Crippen molar-refractivity contribution < 1.29 is 14.0 Å². The van der Waals surface area contributed by atoms with Crippen LogP contribution in [0, 0.1) is 5.82 Å². The van der Waals surface area contributed by atoms with Gasteiger partial charge in [0.1, 0.15) is 10.2 Å². The molecule has 0 aliphatic heterocycles. The number of nitrogens with zero attached hydrogens (tertiary/aromatic N) is 1. The molecular weight excluding hydrogens is 331 g/mol. The Labute approximate surface area is 134 Å². The van der Waals surface area contributed by atoms with Gasteiger partial charge < -0.3 is 10.6 Å². The van der Waals surface area contributed by atoms with E-state index in [0.29, 0.717) is 27.1 Å². The fourth-order valence-corrected chi connectivity index (χ4v) is 2.64. The number of carbonyl (C=O) groups excluding carboxylic acids is 2. The predicted octanol–water partition coefficient (Wildman–Crippen LogP) is 2.50. The van der Waals surface area contributed by atoms with Gasteiger partial charge in [0.15, 0.2) is 5.13 Å². The molecule has 1 heterocycles. The van der Waals surface area contributed by atoms with Gasteiger partial charge in [-0.3, -0.25) is 10.1 Å². The fourth-order valence-electron chi connectivity index (χ4n) is 1.60. The van der Waals surface area contributed by atoms with E-state index in [9.17, 15) is 14.0 Å². The number of amides is 3. The number of nitrogens with one attached hydrogen (secondary N) is 3. The molecule has 3 amide bonds. The molecule has 0 saturated carbocycles. The van der Waals surface area contributed by atoms with E-state index >= 15 is 0 Å². The van der Waals surface area contributed by atoms with Crippen LogP contribution in [-0.2, 0) is 17.9 Å². The molecule has 6 nitrogen and oxygen atoms in total. The number of hydrogen-bond donors (Lipinski definition) is 3. The van der Waals surface area contributed by atoms with Gasteiger partial charge in [-0.2, -0.15) is 0 Å². The number of anilines is 1. The lowest BCUT2D eigenvalue weighted by molar-refractivity contribution is -0.109. The largest absolute Gasteiger partial charge is 0.353 e. The third-order valence-electron chi connectivity index (χ3n) is 2.57. The lowest BCUT2D eigenvalue weighted by atomic mass is 10.2. The number of halogens is 2. The van der Waals surface area contributed by atoms with Crippen molar-refractivity contribution in [2.75, 3.05) is 5.32 Å². The molecule has 0 fully saturated rings.